The average molecular weight is 364 g/mol. The van der Waals surface area contributed by atoms with Crippen molar-refractivity contribution in [3.63, 3.8) is 0 Å². The minimum absolute atomic E-state index is 0.153. The Morgan fingerprint density at radius 1 is 1.08 bits per heavy atom. The summed E-state index contributed by atoms with van der Waals surface area (Å²) in [4.78, 5) is 22.5. The van der Waals surface area contributed by atoms with Gasteiger partial charge in [-0.2, -0.15) is 0 Å². The van der Waals surface area contributed by atoms with Crippen LogP contribution in [-0.4, -0.2) is 32.4 Å². The molecule has 26 heavy (non-hydrogen) atoms. The van der Waals surface area contributed by atoms with E-state index in [1.54, 1.807) is 19.9 Å². The monoisotopic (exact) mass is 364 g/mol. The second kappa shape index (κ2) is 7.56. The van der Waals surface area contributed by atoms with E-state index in [2.05, 4.69) is 0 Å². The van der Waals surface area contributed by atoms with E-state index in [0.717, 1.165) is 5.56 Å². The smallest absolute Gasteiger partial charge is 0.309 e. The van der Waals surface area contributed by atoms with Crippen LogP contribution in [0.3, 0.4) is 0 Å². The van der Waals surface area contributed by atoms with Crippen molar-refractivity contribution in [2.24, 2.45) is 10.8 Å². The highest BCUT2D eigenvalue weighted by Gasteiger charge is 2.49. The highest BCUT2D eigenvalue weighted by molar-refractivity contribution is 5.77. The molecule has 6 nitrogen and oxygen atoms in total. The van der Waals surface area contributed by atoms with Gasteiger partial charge in [-0.25, -0.2) is 0 Å². The lowest BCUT2D eigenvalue weighted by Crippen LogP contribution is -2.23. The van der Waals surface area contributed by atoms with Crippen LogP contribution in [0.4, 0.5) is 0 Å². The number of rotatable bonds is 10. The van der Waals surface area contributed by atoms with Crippen LogP contribution in [0.1, 0.15) is 63.5 Å². The zero-order valence-corrected chi connectivity index (χ0v) is 15.4. The number of phenols is 2. The Morgan fingerprint density at radius 3 is 2.27 bits per heavy atom. The van der Waals surface area contributed by atoms with Crippen molar-refractivity contribution in [2.45, 2.75) is 65.2 Å². The molecule has 0 saturated heterocycles. The first-order valence-electron chi connectivity index (χ1n) is 9.08. The molecule has 0 spiro atoms. The van der Waals surface area contributed by atoms with Crippen LogP contribution in [0.25, 0.3) is 0 Å². The summed E-state index contributed by atoms with van der Waals surface area (Å²) in [5.41, 5.74) is 0.109. The van der Waals surface area contributed by atoms with Crippen LogP contribution in [0.2, 0.25) is 0 Å². The first kappa shape index (κ1) is 20.1. The Bertz CT molecular complexity index is 688. The summed E-state index contributed by atoms with van der Waals surface area (Å²) in [6.45, 7) is 3.37. The van der Waals surface area contributed by atoms with Crippen LogP contribution < -0.4 is 0 Å². The van der Waals surface area contributed by atoms with Crippen molar-refractivity contribution in [3.05, 3.63) is 23.3 Å². The van der Waals surface area contributed by atoms with Gasteiger partial charge in [0.25, 0.3) is 0 Å². The van der Waals surface area contributed by atoms with E-state index in [9.17, 15) is 30.0 Å². The summed E-state index contributed by atoms with van der Waals surface area (Å²) in [5.74, 6) is -1.93. The van der Waals surface area contributed by atoms with Crippen LogP contribution in [0.5, 0.6) is 11.5 Å². The van der Waals surface area contributed by atoms with Gasteiger partial charge < -0.3 is 20.4 Å². The van der Waals surface area contributed by atoms with Crippen molar-refractivity contribution in [1.29, 1.82) is 0 Å². The van der Waals surface area contributed by atoms with Gasteiger partial charge in [0.15, 0.2) is 11.5 Å². The molecule has 0 amide bonds. The highest BCUT2D eigenvalue weighted by Crippen LogP contribution is 2.50. The third-order valence-electron chi connectivity index (χ3n) is 5.57. The van der Waals surface area contributed by atoms with Crippen LogP contribution >= 0.6 is 0 Å². The van der Waals surface area contributed by atoms with Gasteiger partial charge in [0, 0.05) is 5.56 Å². The molecule has 6 heteroatoms. The van der Waals surface area contributed by atoms with E-state index in [1.807, 2.05) is 0 Å². The predicted octanol–water partition coefficient (Wildman–Crippen LogP) is 3.72. The number of hydrogen-bond acceptors (Lipinski definition) is 4. The number of carboxylic acid groups (broad SMARTS) is 2. The van der Waals surface area contributed by atoms with E-state index in [-0.39, 0.29) is 11.5 Å². The molecule has 2 rings (SSSR count). The molecule has 0 radical (unpaired) electrons. The van der Waals surface area contributed by atoms with Crippen molar-refractivity contribution in [1.82, 2.24) is 0 Å². The predicted molar refractivity (Wildman–Crippen MR) is 96.4 cm³/mol. The molecule has 0 heterocycles. The van der Waals surface area contributed by atoms with Crippen molar-refractivity contribution >= 4 is 11.9 Å². The molecule has 1 aromatic carbocycles. The maximum Gasteiger partial charge on any atom is 0.309 e. The SMILES string of the molecule is CC(C)(CCCc1ccc(O)c(O)c1CCCC1(C(=O)O)CC1)C(=O)O. The molecule has 4 N–H and O–H groups in total. The molecule has 1 aliphatic rings. The number of carboxylic acids is 2. The molecule has 1 saturated carbocycles. The van der Waals surface area contributed by atoms with Crippen molar-refractivity contribution in [3.8, 4) is 11.5 Å². The number of phenolic OH excluding ortho intramolecular Hbond substituents is 2. The zero-order chi connectivity index (χ0) is 19.5. The van der Waals surface area contributed by atoms with E-state index in [1.165, 1.54) is 6.07 Å². The van der Waals surface area contributed by atoms with Gasteiger partial charge in [-0.05, 0) is 76.8 Å². The molecular weight excluding hydrogens is 336 g/mol. The van der Waals surface area contributed by atoms with Gasteiger partial charge in [-0.3, -0.25) is 9.59 Å². The van der Waals surface area contributed by atoms with E-state index < -0.39 is 22.8 Å². The van der Waals surface area contributed by atoms with Crippen molar-refractivity contribution < 1.29 is 30.0 Å². The number of aryl methyl sites for hydroxylation is 1. The molecule has 0 atom stereocenters. The average Bonchev–Trinajstić information content (AvgIpc) is 3.34. The number of benzene rings is 1. The fraction of sp³-hybridized carbons (Fsp3) is 0.600. The fourth-order valence-corrected chi connectivity index (χ4v) is 3.33. The number of carbonyl (C=O) groups is 2. The topological polar surface area (TPSA) is 115 Å². The van der Waals surface area contributed by atoms with Crippen LogP contribution in [0.15, 0.2) is 12.1 Å². The lowest BCUT2D eigenvalue weighted by Gasteiger charge is -2.19. The second-order valence-electron chi connectivity index (χ2n) is 8.05. The molecule has 1 aromatic rings. The minimum Gasteiger partial charge on any atom is -0.504 e. The largest absolute Gasteiger partial charge is 0.504 e. The van der Waals surface area contributed by atoms with Gasteiger partial charge >= 0.3 is 11.9 Å². The minimum atomic E-state index is -0.838. The molecule has 0 unspecified atom stereocenters. The number of hydrogen-bond donors (Lipinski definition) is 4. The Balaban J connectivity index is 2.02. The van der Waals surface area contributed by atoms with Gasteiger partial charge in [0.2, 0.25) is 0 Å². The maximum absolute atomic E-state index is 11.3. The maximum atomic E-state index is 11.3. The van der Waals surface area contributed by atoms with E-state index >= 15 is 0 Å². The van der Waals surface area contributed by atoms with Crippen LogP contribution in [0, 0.1) is 10.8 Å². The van der Waals surface area contributed by atoms with E-state index in [4.69, 9.17) is 0 Å². The normalized spacial score (nSPS) is 15.6. The summed E-state index contributed by atoms with van der Waals surface area (Å²) < 4.78 is 0. The van der Waals surface area contributed by atoms with Gasteiger partial charge in [-0.1, -0.05) is 6.07 Å². The molecular formula is C20H28O6. The molecule has 0 aliphatic heterocycles. The van der Waals surface area contributed by atoms with E-state index in [0.29, 0.717) is 56.9 Å². The summed E-state index contributed by atoms with van der Waals surface area (Å²) in [6, 6.07) is 3.19. The summed E-state index contributed by atoms with van der Waals surface area (Å²) in [6.07, 6.45) is 4.83. The molecule has 1 aliphatic carbocycles. The quantitative estimate of drug-likeness (QED) is 0.470. The number of aromatic hydroxyl groups is 2. The fourth-order valence-electron chi connectivity index (χ4n) is 3.33. The highest BCUT2D eigenvalue weighted by atomic mass is 16.4. The number of aliphatic carboxylic acids is 2. The van der Waals surface area contributed by atoms with Gasteiger partial charge in [-0.15, -0.1) is 0 Å². The summed E-state index contributed by atoms with van der Waals surface area (Å²) in [7, 11) is 0. The lowest BCUT2D eigenvalue weighted by atomic mass is 9.85. The zero-order valence-electron chi connectivity index (χ0n) is 15.4. The second-order valence-corrected chi connectivity index (χ2v) is 8.05. The third kappa shape index (κ3) is 4.48. The van der Waals surface area contributed by atoms with Gasteiger partial charge in [0.1, 0.15) is 0 Å². The lowest BCUT2D eigenvalue weighted by molar-refractivity contribution is -0.147. The first-order valence-corrected chi connectivity index (χ1v) is 9.08. The Kier molecular flexibility index (Phi) is 5.84. The summed E-state index contributed by atoms with van der Waals surface area (Å²) in [5, 5.41) is 38.5. The molecule has 1 fully saturated rings. The van der Waals surface area contributed by atoms with Gasteiger partial charge in [0.05, 0.1) is 10.8 Å². The molecule has 144 valence electrons. The summed E-state index contributed by atoms with van der Waals surface area (Å²) >= 11 is 0. The molecule has 0 bridgehead atoms. The Labute approximate surface area is 153 Å². The standard InChI is InChI=1S/C20H28O6/c1-19(2,17(23)24)9-3-5-13-7-8-15(21)16(22)14(13)6-4-10-20(11-12-20)18(25)26/h7-8,21-22H,3-6,9-12H2,1-2H3,(H,23,24)(H,25,26). The third-order valence-corrected chi connectivity index (χ3v) is 5.57. The molecule has 0 aromatic heterocycles. The first-order chi connectivity index (χ1) is 12.1. The van der Waals surface area contributed by atoms with Crippen LogP contribution in [-0.2, 0) is 22.4 Å². The van der Waals surface area contributed by atoms with Crippen molar-refractivity contribution in [2.75, 3.05) is 0 Å². The Morgan fingerprint density at radius 2 is 1.73 bits per heavy atom. The Hall–Kier alpha value is -2.24.